The molecule has 0 saturated heterocycles. The van der Waals surface area contributed by atoms with Gasteiger partial charge in [-0.2, -0.15) is 4.99 Å². The summed E-state index contributed by atoms with van der Waals surface area (Å²) in [6, 6.07) is 8.12. The van der Waals surface area contributed by atoms with Gasteiger partial charge in [0.25, 0.3) is 0 Å². The molecule has 5 nitrogen and oxygen atoms in total. The molecule has 86 valence electrons. The minimum atomic E-state index is -0.0965. The summed E-state index contributed by atoms with van der Waals surface area (Å²) >= 11 is 0. The summed E-state index contributed by atoms with van der Waals surface area (Å²) in [7, 11) is 1.77. The van der Waals surface area contributed by atoms with Gasteiger partial charge in [0.1, 0.15) is 0 Å². The van der Waals surface area contributed by atoms with E-state index in [1.807, 2.05) is 31.2 Å². The van der Waals surface area contributed by atoms with Crippen molar-refractivity contribution < 1.29 is 0 Å². The van der Waals surface area contributed by atoms with E-state index in [-0.39, 0.29) is 11.9 Å². The van der Waals surface area contributed by atoms with Crippen LogP contribution in [0.4, 0.5) is 0 Å². The van der Waals surface area contributed by atoms with E-state index >= 15 is 0 Å². The maximum absolute atomic E-state index is 7.60. The summed E-state index contributed by atoms with van der Waals surface area (Å²) in [4.78, 5) is 5.34. The average molecular weight is 219 g/mol. The first-order chi connectivity index (χ1) is 7.49. The monoisotopic (exact) mass is 219 g/mol. The molecule has 0 aliphatic heterocycles. The highest BCUT2D eigenvalue weighted by atomic mass is 15.2. The third kappa shape index (κ3) is 3.61. The standard InChI is InChI=1S/C11H17N5/c1-8-3-5-9(6-4-8)7-16(2)11(14)15-10(12)13/h3-6H,7H2,1-2H3,(H5,12,13,14,15). The van der Waals surface area contributed by atoms with Crippen LogP contribution < -0.4 is 11.5 Å². The predicted molar refractivity (Wildman–Crippen MR) is 66.2 cm³/mol. The van der Waals surface area contributed by atoms with Crippen molar-refractivity contribution in [2.45, 2.75) is 13.5 Å². The van der Waals surface area contributed by atoms with Crippen molar-refractivity contribution in [3.05, 3.63) is 35.4 Å². The molecule has 0 aromatic heterocycles. The fourth-order valence-electron chi connectivity index (χ4n) is 1.25. The average Bonchev–Trinajstić information content (AvgIpc) is 2.20. The van der Waals surface area contributed by atoms with Crippen LogP contribution in [-0.4, -0.2) is 23.9 Å². The lowest BCUT2D eigenvalue weighted by molar-refractivity contribution is 0.491. The molecule has 1 rings (SSSR count). The second-order valence-corrected chi connectivity index (χ2v) is 3.70. The summed E-state index contributed by atoms with van der Waals surface area (Å²) in [6.07, 6.45) is 0. The van der Waals surface area contributed by atoms with Gasteiger partial charge in [0, 0.05) is 13.6 Å². The largest absolute Gasteiger partial charge is 0.370 e. The Hall–Kier alpha value is -2.04. The number of guanidine groups is 2. The molecule has 0 saturated carbocycles. The van der Waals surface area contributed by atoms with E-state index in [0.717, 1.165) is 5.56 Å². The molecule has 1 aromatic carbocycles. The highest BCUT2D eigenvalue weighted by Gasteiger charge is 2.04. The quantitative estimate of drug-likeness (QED) is 0.503. The van der Waals surface area contributed by atoms with Crippen LogP contribution in [0.15, 0.2) is 29.3 Å². The Labute approximate surface area is 95.3 Å². The highest BCUT2D eigenvalue weighted by Crippen LogP contribution is 2.06. The first kappa shape index (κ1) is 12.0. The van der Waals surface area contributed by atoms with Gasteiger partial charge in [-0.3, -0.25) is 5.41 Å². The van der Waals surface area contributed by atoms with Crippen LogP contribution in [0.1, 0.15) is 11.1 Å². The van der Waals surface area contributed by atoms with Crippen molar-refractivity contribution >= 4 is 11.9 Å². The molecule has 0 radical (unpaired) electrons. The van der Waals surface area contributed by atoms with Crippen molar-refractivity contribution in [2.75, 3.05) is 7.05 Å². The first-order valence-electron chi connectivity index (χ1n) is 4.94. The first-order valence-corrected chi connectivity index (χ1v) is 4.94. The van der Waals surface area contributed by atoms with Gasteiger partial charge in [0.15, 0.2) is 5.96 Å². The van der Waals surface area contributed by atoms with E-state index < -0.39 is 0 Å². The second-order valence-electron chi connectivity index (χ2n) is 3.70. The fourth-order valence-corrected chi connectivity index (χ4v) is 1.25. The van der Waals surface area contributed by atoms with Crippen LogP contribution in [0.5, 0.6) is 0 Å². The molecule has 0 fully saturated rings. The molecule has 0 aliphatic rings. The Morgan fingerprint density at radius 1 is 1.31 bits per heavy atom. The summed E-state index contributed by atoms with van der Waals surface area (Å²) in [5.41, 5.74) is 12.7. The number of benzene rings is 1. The topological polar surface area (TPSA) is 91.5 Å². The van der Waals surface area contributed by atoms with E-state index in [1.54, 1.807) is 11.9 Å². The molecule has 0 heterocycles. The summed E-state index contributed by atoms with van der Waals surface area (Å²) in [6.45, 7) is 2.64. The molecule has 0 atom stereocenters. The molecule has 1 aromatic rings. The van der Waals surface area contributed by atoms with Crippen molar-refractivity contribution in [2.24, 2.45) is 16.5 Å². The molecule has 5 heteroatoms. The molecular formula is C11H17N5. The molecule has 0 amide bonds. The van der Waals surface area contributed by atoms with Crippen LogP contribution in [0.3, 0.4) is 0 Å². The number of rotatable bonds is 2. The molecule has 0 spiro atoms. The summed E-state index contributed by atoms with van der Waals surface area (Å²) in [5.74, 6) is -0.0404. The Balaban J connectivity index is 2.64. The zero-order chi connectivity index (χ0) is 12.1. The molecule has 5 N–H and O–H groups in total. The van der Waals surface area contributed by atoms with Crippen molar-refractivity contribution in [3.63, 3.8) is 0 Å². The lowest BCUT2D eigenvalue weighted by atomic mass is 10.1. The van der Waals surface area contributed by atoms with Crippen molar-refractivity contribution in [1.82, 2.24) is 4.90 Å². The van der Waals surface area contributed by atoms with Crippen molar-refractivity contribution in [1.29, 1.82) is 5.41 Å². The van der Waals surface area contributed by atoms with Crippen molar-refractivity contribution in [3.8, 4) is 0 Å². The fraction of sp³-hybridized carbons (Fsp3) is 0.273. The van der Waals surface area contributed by atoms with Crippen LogP contribution in [-0.2, 0) is 6.54 Å². The number of hydrogen-bond donors (Lipinski definition) is 3. The SMILES string of the molecule is Cc1ccc(CN(C)C(=N)N=C(N)N)cc1. The molecule has 0 bridgehead atoms. The Kier molecular flexibility index (Phi) is 3.88. The zero-order valence-electron chi connectivity index (χ0n) is 9.57. The third-order valence-corrected chi connectivity index (χ3v) is 2.14. The molecule has 0 unspecified atom stereocenters. The van der Waals surface area contributed by atoms with Crippen LogP contribution >= 0.6 is 0 Å². The lowest BCUT2D eigenvalue weighted by Crippen LogP contribution is -2.30. The molecule has 16 heavy (non-hydrogen) atoms. The second kappa shape index (κ2) is 5.16. The molecule has 0 aliphatic carbocycles. The highest BCUT2D eigenvalue weighted by molar-refractivity contribution is 5.91. The Morgan fingerprint density at radius 2 is 1.88 bits per heavy atom. The Morgan fingerprint density at radius 3 is 2.38 bits per heavy atom. The van der Waals surface area contributed by atoms with Gasteiger partial charge < -0.3 is 16.4 Å². The summed E-state index contributed by atoms with van der Waals surface area (Å²) in [5, 5.41) is 7.60. The number of hydrogen-bond acceptors (Lipinski definition) is 1. The van der Waals surface area contributed by atoms with Crippen LogP contribution in [0.2, 0.25) is 0 Å². The van der Waals surface area contributed by atoms with E-state index in [2.05, 4.69) is 4.99 Å². The predicted octanol–water partition coefficient (Wildman–Crippen LogP) is 0.635. The van der Waals surface area contributed by atoms with Gasteiger partial charge in [-0.1, -0.05) is 29.8 Å². The summed E-state index contributed by atoms with van der Waals surface area (Å²) < 4.78 is 0. The smallest absolute Gasteiger partial charge is 0.221 e. The lowest BCUT2D eigenvalue weighted by Gasteiger charge is -2.16. The number of nitrogens with one attached hydrogen (secondary N) is 1. The maximum atomic E-state index is 7.60. The van der Waals surface area contributed by atoms with Crippen LogP contribution in [0.25, 0.3) is 0 Å². The van der Waals surface area contributed by atoms with Gasteiger partial charge in [-0.15, -0.1) is 0 Å². The Bertz CT molecular complexity index is 389. The minimum Gasteiger partial charge on any atom is -0.370 e. The van der Waals surface area contributed by atoms with E-state index in [4.69, 9.17) is 16.9 Å². The zero-order valence-corrected chi connectivity index (χ0v) is 9.57. The molecular weight excluding hydrogens is 202 g/mol. The maximum Gasteiger partial charge on any atom is 0.221 e. The number of nitrogens with two attached hydrogens (primary N) is 2. The van der Waals surface area contributed by atoms with Gasteiger partial charge in [-0.25, -0.2) is 0 Å². The van der Waals surface area contributed by atoms with Gasteiger partial charge in [-0.05, 0) is 12.5 Å². The van der Waals surface area contributed by atoms with E-state index in [1.165, 1.54) is 5.56 Å². The number of aliphatic imine (C=N–C) groups is 1. The third-order valence-electron chi connectivity index (χ3n) is 2.14. The number of nitrogens with zero attached hydrogens (tertiary/aromatic N) is 2. The number of aryl methyl sites for hydroxylation is 1. The van der Waals surface area contributed by atoms with Gasteiger partial charge in [0.05, 0.1) is 0 Å². The van der Waals surface area contributed by atoms with Gasteiger partial charge >= 0.3 is 0 Å². The minimum absolute atomic E-state index is 0.0561. The normalized spacial score (nSPS) is 9.62. The van der Waals surface area contributed by atoms with E-state index in [0.29, 0.717) is 6.54 Å². The van der Waals surface area contributed by atoms with Crippen LogP contribution in [0, 0.1) is 12.3 Å². The van der Waals surface area contributed by atoms with E-state index in [9.17, 15) is 0 Å². The van der Waals surface area contributed by atoms with Gasteiger partial charge in [0.2, 0.25) is 5.96 Å².